The molecule has 0 heterocycles. The maximum Gasteiger partial charge on any atom is 0.0417 e. The van der Waals surface area contributed by atoms with Gasteiger partial charge in [-0.15, -0.1) is 0 Å². The summed E-state index contributed by atoms with van der Waals surface area (Å²) in [7, 11) is 0. The number of rotatable bonds is 7. The van der Waals surface area contributed by atoms with Crippen LogP contribution in [0, 0.1) is 5.92 Å². The Morgan fingerprint density at radius 2 is 1.81 bits per heavy atom. The van der Waals surface area contributed by atoms with Crippen LogP contribution in [0.4, 0.5) is 5.69 Å². The molecular formula is C19H32N2. The van der Waals surface area contributed by atoms with Gasteiger partial charge in [0.05, 0.1) is 0 Å². The van der Waals surface area contributed by atoms with E-state index in [0.29, 0.717) is 12.0 Å². The van der Waals surface area contributed by atoms with Crippen molar-refractivity contribution in [3.63, 3.8) is 0 Å². The molecule has 1 unspecified atom stereocenters. The Hall–Kier alpha value is -1.02. The normalized spacial score (nSPS) is 17.4. The zero-order chi connectivity index (χ0) is 15.2. The van der Waals surface area contributed by atoms with Gasteiger partial charge in [0, 0.05) is 24.3 Å². The van der Waals surface area contributed by atoms with Crippen LogP contribution in [0.3, 0.4) is 0 Å². The van der Waals surface area contributed by atoms with Crippen LogP contribution in [0.15, 0.2) is 24.3 Å². The van der Waals surface area contributed by atoms with Crippen molar-refractivity contribution in [3.05, 3.63) is 29.8 Å². The first-order valence-corrected chi connectivity index (χ1v) is 8.72. The van der Waals surface area contributed by atoms with E-state index in [1.165, 1.54) is 43.5 Å². The molecular weight excluding hydrogens is 256 g/mol. The quantitative estimate of drug-likeness (QED) is 0.778. The molecule has 1 fully saturated rings. The maximum absolute atomic E-state index is 3.57. The van der Waals surface area contributed by atoms with Gasteiger partial charge in [-0.25, -0.2) is 0 Å². The second-order valence-electron chi connectivity index (χ2n) is 6.82. The van der Waals surface area contributed by atoms with E-state index in [-0.39, 0.29) is 0 Å². The topological polar surface area (TPSA) is 15.3 Å². The van der Waals surface area contributed by atoms with Crippen molar-refractivity contribution in [1.29, 1.82) is 0 Å². The Kier molecular flexibility index (Phi) is 6.10. The molecule has 0 radical (unpaired) electrons. The summed E-state index contributed by atoms with van der Waals surface area (Å²) in [6, 6.07) is 10.1. The number of anilines is 1. The maximum atomic E-state index is 3.57. The molecule has 118 valence electrons. The predicted molar refractivity (Wildman–Crippen MR) is 93.0 cm³/mol. The Labute approximate surface area is 130 Å². The lowest BCUT2D eigenvalue weighted by Gasteiger charge is -2.35. The summed E-state index contributed by atoms with van der Waals surface area (Å²) in [5, 5.41) is 3.57. The summed E-state index contributed by atoms with van der Waals surface area (Å²) in [4.78, 5) is 2.70. The Bertz CT molecular complexity index is 421. The summed E-state index contributed by atoms with van der Waals surface area (Å²) in [6.07, 6.45) is 5.50. The van der Waals surface area contributed by atoms with Crippen LogP contribution in [-0.4, -0.2) is 19.1 Å². The number of para-hydroxylation sites is 1. The second-order valence-corrected chi connectivity index (χ2v) is 6.82. The lowest BCUT2D eigenvalue weighted by atomic mass is 10.0. The lowest BCUT2D eigenvalue weighted by molar-refractivity contribution is 0.527. The van der Waals surface area contributed by atoms with E-state index in [0.717, 1.165) is 12.6 Å². The summed E-state index contributed by atoms with van der Waals surface area (Å²) in [6.45, 7) is 11.3. The average molecular weight is 288 g/mol. The predicted octanol–water partition coefficient (Wildman–Crippen LogP) is 4.76. The highest BCUT2D eigenvalue weighted by Crippen LogP contribution is 2.33. The zero-order valence-corrected chi connectivity index (χ0v) is 14.2. The highest BCUT2D eigenvalue weighted by atomic mass is 15.2. The number of nitrogens with one attached hydrogen (secondary N) is 1. The van der Waals surface area contributed by atoms with Crippen molar-refractivity contribution in [2.75, 3.05) is 18.0 Å². The van der Waals surface area contributed by atoms with Gasteiger partial charge in [0.1, 0.15) is 0 Å². The van der Waals surface area contributed by atoms with Gasteiger partial charge < -0.3 is 10.2 Å². The van der Waals surface area contributed by atoms with Gasteiger partial charge in [0.15, 0.2) is 0 Å². The van der Waals surface area contributed by atoms with Crippen LogP contribution in [0.2, 0.25) is 0 Å². The Morgan fingerprint density at radius 1 is 1.14 bits per heavy atom. The minimum atomic E-state index is 0.419. The minimum Gasteiger partial charge on any atom is -0.368 e. The molecule has 2 nitrogen and oxygen atoms in total. The molecule has 1 aliphatic carbocycles. The molecule has 0 bridgehead atoms. The first kappa shape index (κ1) is 16.4. The van der Waals surface area contributed by atoms with E-state index in [9.17, 15) is 0 Å². The molecule has 0 amide bonds. The summed E-state index contributed by atoms with van der Waals surface area (Å²) >= 11 is 0. The SMILES string of the molecule is CCNC(C)c1ccccc1N(CC(C)C)C1CCCC1. The van der Waals surface area contributed by atoms with Gasteiger partial charge in [0.2, 0.25) is 0 Å². The number of benzene rings is 1. The molecule has 1 N–H and O–H groups in total. The van der Waals surface area contributed by atoms with E-state index in [1.54, 1.807) is 0 Å². The molecule has 0 spiro atoms. The highest BCUT2D eigenvalue weighted by molar-refractivity contribution is 5.56. The third-order valence-electron chi connectivity index (χ3n) is 4.55. The molecule has 2 heteroatoms. The van der Waals surface area contributed by atoms with Crippen LogP contribution in [0.25, 0.3) is 0 Å². The number of hydrogen-bond acceptors (Lipinski definition) is 2. The third-order valence-corrected chi connectivity index (χ3v) is 4.55. The number of hydrogen-bond donors (Lipinski definition) is 1. The van der Waals surface area contributed by atoms with Crippen LogP contribution >= 0.6 is 0 Å². The molecule has 2 rings (SSSR count). The van der Waals surface area contributed by atoms with Crippen LogP contribution in [0.5, 0.6) is 0 Å². The minimum absolute atomic E-state index is 0.419. The monoisotopic (exact) mass is 288 g/mol. The molecule has 1 aromatic carbocycles. The highest BCUT2D eigenvalue weighted by Gasteiger charge is 2.25. The average Bonchev–Trinajstić information content (AvgIpc) is 2.99. The molecule has 0 saturated heterocycles. The van der Waals surface area contributed by atoms with Gasteiger partial charge in [-0.05, 0) is 43.9 Å². The smallest absolute Gasteiger partial charge is 0.0417 e. The third kappa shape index (κ3) is 4.23. The Balaban J connectivity index is 2.29. The van der Waals surface area contributed by atoms with Crippen LogP contribution in [-0.2, 0) is 0 Å². The number of nitrogens with zero attached hydrogens (tertiary/aromatic N) is 1. The first-order chi connectivity index (χ1) is 10.1. The fourth-order valence-corrected chi connectivity index (χ4v) is 3.58. The van der Waals surface area contributed by atoms with Gasteiger partial charge in [-0.3, -0.25) is 0 Å². The van der Waals surface area contributed by atoms with Gasteiger partial charge in [0.25, 0.3) is 0 Å². The Morgan fingerprint density at radius 3 is 2.43 bits per heavy atom. The fraction of sp³-hybridized carbons (Fsp3) is 0.684. The zero-order valence-electron chi connectivity index (χ0n) is 14.2. The van der Waals surface area contributed by atoms with E-state index < -0.39 is 0 Å². The van der Waals surface area contributed by atoms with Gasteiger partial charge in [-0.1, -0.05) is 51.8 Å². The van der Waals surface area contributed by atoms with E-state index in [1.807, 2.05) is 0 Å². The summed E-state index contributed by atoms with van der Waals surface area (Å²) in [5.41, 5.74) is 2.90. The second kappa shape index (κ2) is 7.84. The van der Waals surface area contributed by atoms with Crippen molar-refractivity contribution in [3.8, 4) is 0 Å². The summed E-state index contributed by atoms with van der Waals surface area (Å²) in [5.74, 6) is 0.702. The molecule has 0 aromatic heterocycles. The lowest BCUT2D eigenvalue weighted by Crippen LogP contribution is -2.37. The first-order valence-electron chi connectivity index (χ1n) is 8.72. The largest absolute Gasteiger partial charge is 0.368 e. The van der Waals surface area contributed by atoms with Crippen molar-refractivity contribution < 1.29 is 0 Å². The van der Waals surface area contributed by atoms with Gasteiger partial charge in [-0.2, -0.15) is 0 Å². The van der Waals surface area contributed by atoms with Crippen LogP contribution < -0.4 is 10.2 Å². The van der Waals surface area contributed by atoms with Crippen molar-refractivity contribution >= 4 is 5.69 Å². The van der Waals surface area contributed by atoms with Gasteiger partial charge >= 0.3 is 0 Å². The molecule has 1 aliphatic rings. The van der Waals surface area contributed by atoms with E-state index >= 15 is 0 Å². The van der Waals surface area contributed by atoms with E-state index in [2.05, 4.69) is 62.2 Å². The van der Waals surface area contributed by atoms with E-state index in [4.69, 9.17) is 0 Å². The molecule has 0 aliphatic heterocycles. The standard InChI is InChI=1S/C19H32N2/c1-5-20-16(4)18-12-8-9-13-19(18)21(14-15(2)3)17-10-6-7-11-17/h8-9,12-13,15-17,20H,5-7,10-11,14H2,1-4H3. The fourth-order valence-electron chi connectivity index (χ4n) is 3.58. The van der Waals surface area contributed by atoms with Crippen LogP contribution in [0.1, 0.15) is 65.0 Å². The molecule has 1 aromatic rings. The molecule has 1 atom stereocenters. The van der Waals surface area contributed by atoms with Crippen molar-refractivity contribution in [1.82, 2.24) is 5.32 Å². The van der Waals surface area contributed by atoms with Crippen molar-refractivity contribution in [2.24, 2.45) is 5.92 Å². The summed E-state index contributed by atoms with van der Waals surface area (Å²) < 4.78 is 0. The van der Waals surface area contributed by atoms with Crippen molar-refractivity contribution in [2.45, 2.75) is 65.5 Å². The molecule has 1 saturated carbocycles. The molecule has 21 heavy (non-hydrogen) atoms.